The first-order valence-electron chi connectivity index (χ1n) is 9.96. The number of amides is 1. The molecular formula is C20H30N2O3. The highest BCUT2D eigenvalue weighted by Crippen LogP contribution is 2.34. The molecule has 4 rings (SSSR count). The lowest BCUT2D eigenvalue weighted by molar-refractivity contribution is -0.133. The zero-order valence-corrected chi connectivity index (χ0v) is 15.0. The highest BCUT2D eigenvalue weighted by Gasteiger charge is 2.42. The van der Waals surface area contributed by atoms with Crippen LogP contribution < -0.4 is 5.32 Å². The molecule has 25 heavy (non-hydrogen) atoms. The van der Waals surface area contributed by atoms with Gasteiger partial charge in [0.25, 0.3) is 0 Å². The van der Waals surface area contributed by atoms with Crippen LogP contribution in [0.5, 0.6) is 0 Å². The first kappa shape index (κ1) is 17.1. The SMILES string of the molecule is O=C(NCc1ccco1)[C@@H]1C[C@H]2CCN(CC3CCCCC3)C[C@@H]2O1. The van der Waals surface area contributed by atoms with Gasteiger partial charge in [0.05, 0.1) is 18.9 Å². The molecule has 1 N–H and O–H groups in total. The second-order valence-electron chi connectivity index (χ2n) is 8.01. The van der Waals surface area contributed by atoms with Crippen molar-refractivity contribution in [1.82, 2.24) is 10.2 Å². The van der Waals surface area contributed by atoms with Crippen molar-refractivity contribution in [2.45, 2.75) is 63.7 Å². The van der Waals surface area contributed by atoms with E-state index in [2.05, 4.69) is 10.2 Å². The van der Waals surface area contributed by atoms with Crippen molar-refractivity contribution < 1.29 is 13.9 Å². The minimum Gasteiger partial charge on any atom is -0.467 e. The second-order valence-corrected chi connectivity index (χ2v) is 8.01. The highest BCUT2D eigenvalue weighted by atomic mass is 16.5. The van der Waals surface area contributed by atoms with E-state index in [1.165, 1.54) is 51.6 Å². The average molecular weight is 346 g/mol. The fourth-order valence-electron chi connectivity index (χ4n) is 4.77. The van der Waals surface area contributed by atoms with E-state index in [0.717, 1.165) is 24.6 Å². The van der Waals surface area contributed by atoms with Crippen molar-refractivity contribution in [1.29, 1.82) is 0 Å². The molecule has 1 aromatic rings. The van der Waals surface area contributed by atoms with Crippen molar-refractivity contribution in [3.8, 4) is 0 Å². The summed E-state index contributed by atoms with van der Waals surface area (Å²) in [4.78, 5) is 15.0. The van der Waals surface area contributed by atoms with Crippen molar-refractivity contribution in [2.24, 2.45) is 11.8 Å². The lowest BCUT2D eigenvalue weighted by atomic mass is 9.87. The number of hydrogen-bond donors (Lipinski definition) is 1. The number of ether oxygens (including phenoxy) is 1. The van der Waals surface area contributed by atoms with Gasteiger partial charge in [-0.1, -0.05) is 19.3 Å². The van der Waals surface area contributed by atoms with Crippen LogP contribution in [0.25, 0.3) is 0 Å². The van der Waals surface area contributed by atoms with Gasteiger partial charge < -0.3 is 19.4 Å². The van der Waals surface area contributed by atoms with Gasteiger partial charge in [-0.2, -0.15) is 0 Å². The third kappa shape index (κ3) is 4.26. The number of carbonyl (C=O) groups is 1. The maximum absolute atomic E-state index is 12.4. The van der Waals surface area contributed by atoms with Gasteiger partial charge in [0.2, 0.25) is 5.91 Å². The summed E-state index contributed by atoms with van der Waals surface area (Å²) in [6.07, 6.45) is 10.6. The molecule has 0 spiro atoms. The number of furan rings is 1. The Balaban J connectivity index is 1.24. The Bertz CT molecular complexity index is 553. The molecule has 1 saturated carbocycles. The van der Waals surface area contributed by atoms with Crippen LogP contribution >= 0.6 is 0 Å². The minimum absolute atomic E-state index is 0.00429. The Kier molecular flexibility index (Phi) is 5.42. The normalized spacial score (nSPS) is 31.0. The summed E-state index contributed by atoms with van der Waals surface area (Å²) < 4.78 is 11.4. The quantitative estimate of drug-likeness (QED) is 0.891. The van der Waals surface area contributed by atoms with Gasteiger partial charge in [-0.25, -0.2) is 0 Å². The fraction of sp³-hybridized carbons (Fsp3) is 0.750. The molecule has 0 unspecified atom stereocenters. The van der Waals surface area contributed by atoms with E-state index < -0.39 is 0 Å². The molecule has 3 atom stereocenters. The lowest BCUT2D eigenvalue weighted by Crippen LogP contribution is -2.44. The number of nitrogens with one attached hydrogen (secondary N) is 1. The number of carbonyl (C=O) groups excluding carboxylic acids is 1. The number of hydrogen-bond acceptors (Lipinski definition) is 4. The van der Waals surface area contributed by atoms with Crippen LogP contribution in [0.2, 0.25) is 0 Å². The Morgan fingerprint density at radius 3 is 2.92 bits per heavy atom. The van der Waals surface area contributed by atoms with Crippen LogP contribution in [0.1, 0.15) is 50.7 Å². The molecule has 0 aromatic carbocycles. The number of nitrogens with zero attached hydrogens (tertiary/aromatic N) is 1. The average Bonchev–Trinajstić information content (AvgIpc) is 3.30. The summed E-state index contributed by atoms with van der Waals surface area (Å²) in [6.45, 7) is 3.83. The van der Waals surface area contributed by atoms with E-state index in [1.807, 2.05) is 12.1 Å². The molecule has 0 bridgehead atoms. The van der Waals surface area contributed by atoms with Gasteiger partial charge in [-0.3, -0.25) is 4.79 Å². The smallest absolute Gasteiger partial charge is 0.249 e. The standard InChI is InChI=1S/C20H30N2O3/c23-20(21-12-17-7-4-10-24-17)18-11-16-8-9-22(14-19(16)25-18)13-15-5-2-1-3-6-15/h4,7,10,15-16,18-19H,1-3,5-6,8-9,11-14H2,(H,21,23)/t16-,18+,19+/m1/s1. The van der Waals surface area contributed by atoms with Crippen molar-refractivity contribution in [2.75, 3.05) is 19.6 Å². The predicted octanol–water partition coefficient (Wildman–Crippen LogP) is 2.96. The van der Waals surface area contributed by atoms with Crippen LogP contribution in [-0.2, 0) is 16.1 Å². The monoisotopic (exact) mass is 346 g/mol. The molecule has 3 aliphatic rings. The van der Waals surface area contributed by atoms with E-state index in [0.29, 0.717) is 12.5 Å². The van der Waals surface area contributed by atoms with E-state index in [1.54, 1.807) is 6.26 Å². The molecular weight excluding hydrogens is 316 g/mol. The number of piperidine rings is 1. The number of fused-ring (bicyclic) bond motifs is 1. The number of likely N-dealkylation sites (tertiary alicyclic amines) is 1. The van der Waals surface area contributed by atoms with E-state index >= 15 is 0 Å². The molecule has 0 radical (unpaired) electrons. The van der Waals surface area contributed by atoms with E-state index in [-0.39, 0.29) is 18.1 Å². The molecule has 3 fully saturated rings. The summed E-state index contributed by atoms with van der Waals surface area (Å²) in [5.74, 6) is 2.20. The molecule has 138 valence electrons. The Labute approximate surface area is 150 Å². The zero-order valence-electron chi connectivity index (χ0n) is 15.0. The Morgan fingerprint density at radius 2 is 2.12 bits per heavy atom. The summed E-state index contributed by atoms with van der Waals surface area (Å²) in [5.41, 5.74) is 0. The summed E-state index contributed by atoms with van der Waals surface area (Å²) >= 11 is 0. The molecule has 1 aromatic heterocycles. The molecule has 2 aliphatic heterocycles. The maximum Gasteiger partial charge on any atom is 0.249 e. The van der Waals surface area contributed by atoms with Gasteiger partial charge in [-0.05, 0) is 56.2 Å². The predicted molar refractivity (Wildman–Crippen MR) is 95.0 cm³/mol. The Hall–Kier alpha value is -1.33. The van der Waals surface area contributed by atoms with Crippen LogP contribution in [0.15, 0.2) is 22.8 Å². The molecule has 1 amide bonds. The molecule has 5 heteroatoms. The van der Waals surface area contributed by atoms with Gasteiger partial charge >= 0.3 is 0 Å². The molecule has 2 saturated heterocycles. The van der Waals surface area contributed by atoms with Crippen LogP contribution in [0.3, 0.4) is 0 Å². The van der Waals surface area contributed by atoms with Crippen LogP contribution in [0.4, 0.5) is 0 Å². The Morgan fingerprint density at radius 1 is 1.24 bits per heavy atom. The van der Waals surface area contributed by atoms with Crippen LogP contribution in [-0.4, -0.2) is 42.6 Å². The lowest BCUT2D eigenvalue weighted by Gasteiger charge is -2.37. The minimum atomic E-state index is -0.292. The number of rotatable bonds is 5. The molecule has 5 nitrogen and oxygen atoms in total. The third-order valence-electron chi connectivity index (χ3n) is 6.19. The summed E-state index contributed by atoms with van der Waals surface area (Å²) in [6, 6.07) is 3.71. The maximum atomic E-state index is 12.4. The summed E-state index contributed by atoms with van der Waals surface area (Å²) in [7, 11) is 0. The largest absolute Gasteiger partial charge is 0.467 e. The van der Waals surface area contributed by atoms with E-state index in [9.17, 15) is 4.79 Å². The van der Waals surface area contributed by atoms with Gasteiger partial charge in [0, 0.05) is 13.1 Å². The second kappa shape index (κ2) is 7.92. The molecule has 3 heterocycles. The van der Waals surface area contributed by atoms with Crippen LogP contribution in [0, 0.1) is 11.8 Å². The first-order valence-corrected chi connectivity index (χ1v) is 9.96. The fourth-order valence-corrected chi connectivity index (χ4v) is 4.77. The van der Waals surface area contributed by atoms with E-state index in [4.69, 9.17) is 9.15 Å². The topological polar surface area (TPSA) is 54.7 Å². The van der Waals surface area contributed by atoms with Crippen molar-refractivity contribution >= 4 is 5.91 Å². The van der Waals surface area contributed by atoms with Gasteiger partial charge in [0.1, 0.15) is 11.9 Å². The summed E-state index contributed by atoms with van der Waals surface area (Å²) in [5, 5.41) is 2.94. The van der Waals surface area contributed by atoms with Crippen molar-refractivity contribution in [3.05, 3.63) is 24.2 Å². The van der Waals surface area contributed by atoms with Gasteiger partial charge in [-0.15, -0.1) is 0 Å². The molecule has 1 aliphatic carbocycles. The zero-order chi connectivity index (χ0) is 17.1. The highest BCUT2D eigenvalue weighted by molar-refractivity contribution is 5.81. The van der Waals surface area contributed by atoms with Crippen molar-refractivity contribution in [3.63, 3.8) is 0 Å². The first-order chi connectivity index (χ1) is 12.3. The third-order valence-corrected chi connectivity index (χ3v) is 6.19. The van der Waals surface area contributed by atoms with Gasteiger partial charge in [0.15, 0.2) is 0 Å².